The lowest BCUT2D eigenvalue weighted by molar-refractivity contribution is -0.138. The molecule has 68 valence electrons. The third-order valence-corrected chi connectivity index (χ3v) is 1.12. The van der Waals surface area contributed by atoms with Gasteiger partial charge in [-0.05, 0) is 12.5 Å². The predicted molar refractivity (Wildman–Crippen MR) is 50.7 cm³/mol. The normalized spacial score (nSPS) is 8.00. The van der Waals surface area contributed by atoms with Crippen molar-refractivity contribution in [3.63, 3.8) is 0 Å². The van der Waals surface area contributed by atoms with Crippen molar-refractivity contribution in [1.29, 1.82) is 0 Å². The Bertz CT molecular complexity index is 85.9. The number of carbonyl (C=O) groups excluding carboxylic acids is 1. The Morgan fingerprint density at radius 3 is 2.00 bits per heavy atom. The minimum atomic E-state index is -0.214. The van der Waals surface area contributed by atoms with E-state index in [1.165, 1.54) is 30.4 Å². The average Bonchev–Trinajstić information content (AvgIpc) is 2.01. The number of ether oxygens (including phenoxy) is 1. The zero-order chi connectivity index (χ0) is 9.11. The molecule has 0 aromatic heterocycles. The number of aliphatic hydroxyl groups excluding tert-OH is 1. The summed E-state index contributed by atoms with van der Waals surface area (Å²) in [5.41, 5.74) is 0. The van der Waals surface area contributed by atoms with Gasteiger partial charge in [0.2, 0.25) is 0 Å². The molecule has 0 bridgehead atoms. The van der Waals surface area contributed by atoms with Gasteiger partial charge >= 0.3 is 5.97 Å². The minimum Gasteiger partial charge on any atom is -0.455 e. The second-order valence-electron chi connectivity index (χ2n) is 1.46. The van der Waals surface area contributed by atoms with Gasteiger partial charge in [-0.15, -0.1) is 23.5 Å². The van der Waals surface area contributed by atoms with E-state index in [1.54, 1.807) is 0 Å². The molecule has 0 unspecified atom stereocenters. The molecule has 0 atom stereocenters. The van der Waals surface area contributed by atoms with Gasteiger partial charge in [-0.25, -0.2) is 0 Å². The van der Waals surface area contributed by atoms with E-state index >= 15 is 0 Å². The van der Waals surface area contributed by atoms with E-state index in [2.05, 4.69) is 4.74 Å². The zero-order valence-corrected chi connectivity index (χ0v) is 8.63. The first-order valence-corrected chi connectivity index (χ1v) is 5.69. The van der Waals surface area contributed by atoms with Crippen molar-refractivity contribution in [1.82, 2.24) is 0 Å². The van der Waals surface area contributed by atoms with E-state index in [-0.39, 0.29) is 11.9 Å². The monoisotopic (exact) mass is 198 g/mol. The lowest BCUT2D eigenvalue weighted by atomic mass is 10.8. The Labute approximate surface area is 75.9 Å². The molecule has 0 saturated heterocycles. The van der Waals surface area contributed by atoms with E-state index in [1.807, 2.05) is 12.5 Å². The first kappa shape index (κ1) is 13.7. The van der Waals surface area contributed by atoms with Crippen molar-refractivity contribution in [2.75, 3.05) is 24.4 Å². The molecule has 0 aliphatic heterocycles. The summed E-state index contributed by atoms with van der Waals surface area (Å²) >= 11 is 2.90. The molecule has 0 rings (SSSR count). The van der Waals surface area contributed by atoms with Gasteiger partial charge in [0.1, 0.15) is 5.94 Å². The molecule has 0 aromatic carbocycles. The molecule has 0 saturated carbocycles. The predicted octanol–water partition coefficient (Wildman–Crippen LogP) is 1.17. The number of esters is 1. The van der Waals surface area contributed by atoms with Crippen LogP contribution in [0.2, 0.25) is 0 Å². The van der Waals surface area contributed by atoms with Crippen LogP contribution in [0.3, 0.4) is 0 Å². The molecule has 0 amide bonds. The molecular weight excluding hydrogens is 184 g/mol. The maximum Gasteiger partial charge on any atom is 0.303 e. The Morgan fingerprint density at radius 1 is 1.45 bits per heavy atom. The molecule has 0 fully saturated rings. The van der Waals surface area contributed by atoms with Crippen LogP contribution >= 0.6 is 23.5 Å². The second kappa shape index (κ2) is 12.8. The van der Waals surface area contributed by atoms with Crippen LogP contribution in [0.4, 0.5) is 0 Å². The lowest BCUT2D eigenvalue weighted by Crippen LogP contribution is -1.95. The van der Waals surface area contributed by atoms with Gasteiger partial charge in [-0.3, -0.25) is 4.79 Å². The maximum atomic E-state index is 9.97. The lowest BCUT2D eigenvalue weighted by Gasteiger charge is -1.93. The van der Waals surface area contributed by atoms with Gasteiger partial charge < -0.3 is 9.84 Å². The van der Waals surface area contributed by atoms with Gasteiger partial charge in [0.25, 0.3) is 0 Å². The molecule has 0 aliphatic carbocycles. The van der Waals surface area contributed by atoms with E-state index in [9.17, 15) is 4.79 Å². The van der Waals surface area contributed by atoms with Crippen molar-refractivity contribution < 1.29 is 14.6 Å². The Kier molecular flexibility index (Phi) is 15.9. The Morgan fingerprint density at radius 2 is 1.91 bits per heavy atom. The van der Waals surface area contributed by atoms with Gasteiger partial charge in [-0.1, -0.05) is 0 Å². The summed E-state index contributed by atoms with van der Waals surface area (Å²) in [6.45, 7) is 1.40. The van der Waals surface area contributed by atoms with Crippen LogP contribution in [0.25, 0.3) is 0 Å². The number of hydrogen-bond donors (Lipinski definition) is 1. The van der Waals surface area contributed by atoms with Gasteiger partial charge in [0.15, 0.2) is 0 Å². The van der Waals surface area contributed by atoms with Gasteiger partial charge in [0.05, 0.1) is 5.94 Å². The van der Waals surface area contributed by atoms with E-state index in [4.69, 9.17) is 5.11 Å². The van der Waals surface area contributed by atoms with E-state index in [0.29, 0.717) is 5.94 Å². The van der Waals surface area contributed by atoms with Gasteiger partial charge in [0, 0.05) is 6.92 Å². The van der Waals surface area contributed by atoms with Crippen LogP contribution in [-0.2, 0) is 9.53 Å². The molecule has 1 N–H and O–H groups in total. The molecule has 11 heavy (non-hydrogen) atoms. The molecule has 3 nitrogen and oxygen atoms in total. The van der Waals surface area contributed by atoms with Crippen LogP contribution in [0, 0.1) is 0 Å². The van der Waals surface area contributed by atoms with E-state index in [0.717, 1.165) is 0 Å². The largest absolute Gasteiger partial charge is 0.455 e. The number of hydrogen-bond acceptors (Lipinski definition) is 5. The second-order valence-corrected chi connectivity index (χ2v) is 3.11. The molecule has 0 heterocycles. The molecule has 0 aromatic rings. The Balaban J connectivity index is 0. The minimum absolute atomic E-state index is 0.214. The highest BCUT2D eigenvalue weighted by atomic mass is 32.2. The van der Waals surface area contributed by atoms with Crippen LogP contribution in [0.1, 0.15) is 6.92 Å². The molecular formula is C6H14O3S2. The van der Waals surface area contributed by atoms with Crippen molar-refractivity contribution >= 4 is 29.5 Å². The summed E-state index contributed by atoms with van der Waals surface area (Å²) in [4.78, 5) is 9.97. The molecule has 0 spiro atoms. The first-order valence-electron chi connectivity index (χ1n) is 2.91. The van der Waals surface area contributed by atoms with Crippen molar-refractivity contribution in [2.24, 2.45) is 0 Å². The van der Waals surface area contributed by atoms with Crippen LogP contribution in [0.5, 0.6) is 0 Å². The fourth-order valence-electron chi connectivity index (χ4n) is 0.142. The fourth-order valence-corrected chi connectivity index (χ4v) is 0.426. The zero-order valence-electron chi connectivity index (χ0n) is 6.99. The van der Waals surface area contributed by atoms with Crippen molar-refractivity contribution in [2.45, 2.75) is 6.92 Å². The molecule has 0 aliphatic rings. The summed E-state index contributed by atoms with van der Waals surface area (Å²) in [5.74, 6) is 0.490. The highest BCUT2D eigenvalue weighted by molar-refractivity contribution is 7.98. The highest BCUT2D eigenvalue weighted by Crippen LogP contribution is 1.90. The summed E-state index contributed by atoms with van der Waals surface area (Å²) in [7, 11) is 0. The van der Waals surface area contributed by atoms with Crippen LogP contribution in [-0.4, -0.2) is 35.5 Å². The number of carbonyl (C=O) groups is 1. The van der Waals surface area contributed by atoms with Crippen LogP contribution in [0.15, 0.2) is 0 Å². The average molecular weight is 198 g/mol. The number of rotatable bonds is 3. The van der Waals surface area contributed by atoms with E-state index < -0.39 is 0 Å². The highest BCUT2D eigenvalue weighted by Gasteiger charge is 1.85. The van der Waals surface area contributed by atoms with Crippen molar-refractivity contribution in [3.05, 3.63) is 0 Å². The SMILES string of the molecule is CSCO.CSCOC(C)=O. The summed E-state index contributed by atoms with van der Waals surface area (Å²) < 4.78 is 4.52. The summed E-state index contributed by atoms with van der Waals surface area (Å²) in [6.07, 6.45) is 3.73. The quantitative estimate of drug-likeness (QED) is 0.545. The number of thioether (sulfide) groups is 2. The maximum absolute atomic E-state index is 9.97. The standard InChI is InChI=1S/C4H8O2S.C2H6OS/c1-4(5)6-3-7-2;1-4-2-3/h3H2,1-2H3;3H,2H2,1H3. The smallest absolute Gasteiger partial charge is 0.303 e. The van der Waals surface area contributed by atoms with Crippen LogP contribution < -0.4 is 0 Å². The summed E-state index contributed by atoms with van der Waals surface area (Å²) in [5, 5.41) is 7.84. The van der Waals surface area contributed by atoms with Gasteiger partial charge in [-0.2, -0.15) is 0 Å². The van der Waals surface area contributed by atoms with Crippen molar-refractivity contribution in [3.8, 4) is 0 Å². The number of aliphatic hydroxyl groups is 1. The third kappa shape index (κ3) is 25.4. The first-order chi connectivity index (χ1) is 5.18. The topological polar surface area (TPSA) is 46.5 Å². The molecule has 5 heteroatoms. The fraction of sp³-hybridized carbons (Fsp3) is 0.833. The summed E-state index contributed by atoms with van der Waals surface area (Å²) in [6, 6.07) is 0. The molecule has 0 radical (unpaired) electrons. The third-order valence-electron chi connectivity index (χ3n) is 0.509. The Hall–Kier alpha value is 0.130.